The van der Waals surface area contributed by atoms with Crippen LogP contribution < -0.4 is 10.7 Å². The van der Waals surface area contributed by atoms with Gasteiger partial charge in [0.05, 0.1) is 11.0 Å². The van der Waals surface area contributed by atoms with E-state index in [1.54, 1.807) is 0 Å². The molecule has 41 heavy (non-hydrogen) atoms. The summed E-state index contributed by atoms with van der Waals surface area (Å²) in [5.41, 5.74) is 7.50. The van der Waals surface area contributed by atoms with Gasteiger partial charge in [-0.15, -0.1) is 0 Å². The third-order valence-electron chi connectivity index (χ3n) is 7.56. The molecular formula is C39H38N2. The van der Waals surface area contributed by atoms with Crippen molar-refractivity contribution in [2.45, 2.75) is 33.6 Å². The second-order valence-corrected chi connectivity index (χ2v) is 9.96. The van der Waals surface area contributed by atoms with Crippen molar-refractivity contribution in [3.05, 3.63) is 150 Å². The first kappa shape index (κ1) is 27.7. The minimum absolute atomic E-state index is 1.07. The molecule has 0 unspecified atom stereocenters. The molecule has 0 bridgehead atoms. The van der Waals surface area contributed by atoms with Gasteiger partial charge >= 0.3 is 0 Å². The molecule has 0 saturated heterocycles. The lowest BCUT2D eigenvalue weighted by molar-refractivity contribution is 0.948. The number of pyridine rings is 1. The predicted molar refractivity (Wildman–Crippen MR) is 181 cm³/mol. The summed E-state index contributed by atoms with van der Waals surface area (Å²) in [4.78, 5) is 0. The Labute approximate surface area is 243 Å². The Bertz CT molecular complexity index is 1970. The Balaban J connectivity index is 0.000000158. The van der Waals surface area contributed by atoms with Gasteiger partial charge in [-0.05, 0) is 60.6 Å². The van der Waals surface area contributed by atoms with Crippen LogP contribution in [0.4, 0.5) is 5.69 Å². The van der Waals surface area contributed by atoms with Gasteiger partial charge in [0.1, 0.15) is 0 Å². The highest BCUT2D eigenvalue weighted by Crippen LogP contribution is 2.33. The average molecular weight is 535 g/mol. The molecule has 0 spiro atoms. The van der Waals surface area contributed by atoms with Crippen molar-refractivity contribution >= 4 is 50.2 Å². The fourth-order valence-corrected chi connectivity index (χ4v) is 5.75. The van der Waals surface area contributed by atoms with Gasteiger partial charge in [0.2, 0.25) is 0 Å². The van der Waals surface area contributed by atoms with Gasteiger partial charge in [-0.25, -0.2) is 0 Å². The molecule has 2 nitrogen and oxygen atoms in total. The Hall–Kier alpha value is -4.82. The van der Waals surface area contributed by atoms with Crippen LogP contribution in [0.25, 0.3) is 44.5 Å². The number of allylic oxidation sites excluding steroid dienone is 6. The number of aromatic nitrogens is 1. The normalized spacial score (nSPS) is 13.2. The molecule has 4 aromatic carbocycles. The number of nitrogens with one attached hydrogen (secondary N) is 1. The quantitative estimate of drug-likeness (QED) is 0.176. The van der Waals surface area contributed by atoms with Gasteiger partial charge in [0.25, 0.3) is 0 Å². The van der Waals surface area contributed by atoms with Crippen LogP contribution in [-0.4, -0.2) is 4.40 Å². The van der Waals surface area contributed by atoms with Gasteiger partial charge in [-0.2, -0.15) is 0 Å². The van der Waals surface area contributed by atoms with Crippen molar-refractivity contribution in [3.63, 3.8) is 0 Å². The maximum Gasteiger partial charge on any atom is 0.0619 e. The summed E-state index contributed by atoms with van der Waals surface area (Å²) >= 11 is 0. The largest absolute Gasteiger partial charge is 0.355 e. The molecule has 2 heteroatoms. The van der Waals surface area contributed by atoms with E-state index in [9.17, 15) is 0 Å². The second-order valence-electron chi connectivity index (χ2n) is 9.96. The maximum absolute atomic E-state index is 4.36. The van der Waals surface area contributed by atoms with Crippen LogP contribution in [-0.2, 0) is 0 Å². The third kappa shape index (κ3) is 5.34. The van der Waals surface area contributed by atoms with Crippen LogP contribution in [0.1, 0.15) is 33.6 Å². The molecule has 204 valence electrons. The van der Waals surface area contributed by atoms with Crippen molar-refractivity contribution in [1.29, 1.82) is 0 Å². The lowest BCUT2D eigenvalue weighted by Crippen LogP contribution is -2.12. The van der Waals surface area contributed by atoms with Gasteiger partial charge in [-0.1, -0.05) is 124 Å². The first-order valence-corrected chi connectivity index (χ1v) is 14.5. The highest BCUT2D eigenvalue weighted by atomic mass is 14.9. The number of hydrogen-bond donors (Lipinski definition) is 1. The molecule has 0 radical (unpaired) electrons. The predicted octanol–water partition coefficient (Wildman–Crippen LogP) is 10.4. The highest BCUT2D eigenvalue weighted by Gasteiger charge is 2.13. The molecule has 1 aliphatic carbocycles. The summed E-state index contributed by atoms with van der Waals surface area (Å²) in [6.45, 7) is 14.3. The van der Waals surface area contributed by atoms with E-state index in [0.717, 1.165) is 23.9 Å². The monoisotopic (exact) mass is 534 g/mol. The number of hydrogen-bond acceptors (Lipinski definition) is 1. The Morgan fingerprint density at radius 1 is 0.756 bits per heavy atom. The van der Waals surface area contributed by atoms with Crippen LogP contribution in [0, 0.1) is 0 Å². The number of anilines is 1. The molecule has 0 fully saturated rings. The van der Waals surface area contributed by atoms with Crippen molar-refractivity contribution < 1.29 is 0 Å². The summed E-state index contributed by atoms with van der Waals surface area (Å²) < 4.78 is 2.31. The molecule has 0 amide bonds. The summed E-state index contributed by atoms with van der Waals surface area (Å²) in [6.07, 6.45) is 10.5. The number of rotatable bonds is 4. The van der Waals surface area contributed by atoms with Crippen LogP contribution in [0.2, 0.25) is 0 Å². The van der Waals surface area contributed by atoms with E-state index in [1.165, 1.54) is 54.8 Å². The van der Waals surface area contributed by atoms with Crippen molar-refractivity contribution in [3.8, 4) is 0 Å². The standard InChI is InChI=1S/C20H13N.C17H19N.C2H6/c1-13-14-7-2-3-8-15(14)17-10-6-11-18-16-9-4-5-12-19(16)21(13)20(17)18;1-3-9-14(2)16-12-7-8-13-17(16)18-15-10-5-4-6-11-15;1-2/h2-12H,1H2;3-6,8-11,13,18H,1,7,12H2,2H3;1-2H3/b;14-9+;. The molecule has 1 aliphatic rings. The molecular weight excluding hydrogens is 496 g/mol. The first-order valence-electron chi connectivity index (χ1n) is 14.5. The molecule has 2 aromatic heterocycles. The second kappa shape index (κ2) is 12.6. The SMILES string of the molecule is C=C/C=C(\C)C1=C(Nc2ccccc2)C=CCC1.C=c1c2ccccc2c2cccc3c4ccccc4n1c23.CC. The number of nitrogens with zero attached hydrogens (tertiary/aromatic N) is 1. The number of fused-ring (bicyclic) bond motifs is 5. The van der Waals surface area contributed by atoms with Gasteiger partial charge in [0.15, 0.2) is 0 Å². The van der Waals surface area contributed by atoms with E-state index in [-0.39, 0.29) is 0 Å². The van der Waals surface area contributed by atoms with E-state index in [4.69, 9.17) is 0 Å². The van der Waals surface area contributed by atoms with E-state index >= 15 is 0 Å². The van der Waals surface area contributed by atoms with Gasteiger partial charge in [0, 0.05) is 38.3 Å². The minimum atomic E-state index is 1.07. The van der Waals surface area contributed by atoms with Gasteiger partial charge in [-0.3, -0.25) is 0 Å². The lowest BCUT2D eigenvalue weighted by Gasteiger charge is -2.18. The zero-order valence-corrected chi connectivity index (χ0v) is 24.3. The summed E-state index contributed by atoms with van der Waals surface area (Å²) in [5.74, 6) is 0. The average Bonchev–Trinajstić information content (AvgIpc) is 3.37. The Morgan fingerprint density at radius 3 is 2.10 bits per heavy atom. The fourth-order valence-electron chi connectivity index (χ4n) is 5.75. The fraction of sp³-hybridized carbons (Fsp3) is 0.128. The van der Waals surface area contributed by atoms with E-state index in [0.29, 0.717) is 0 Å². The molecule has 7 rings (SSSR count). The van der Waals surface area contributed by atoms with Crippen LogP contribution in [0.5, 0.6) is 0 Å². The maximum atomic E-state index is 4.36. The third-order valence-corrected chi connectivity index (χ3v) is 7.56. The van der Waals surface area contributed by atoms with E-state index < -0.39 is 0 Å². The number of para-hydroxylation sites is 3. The van der Waals surface area contributed by atoms with Crippen molar-refractivity contribution in [2.24, 2.45) is 0 Å². The molecule has 1 N–H and O–H groups in total. The van der Waals surface area contributed by atoms with Crippen LogP contribution >= 0.6 is 0 Å². The van der Waals surface area contributed by atoms with Crippen molar-refractivity contribution in [1.82, 2.24) is 4.40 Å². The Morgan fingerprint density at radius 2 is 1.37 bits per heavy atom. The summed E-state index contributed by atoms with van der Waals surface area (Å²) in [5, 5.41) is 11.0. The Kier molecular flexibility index (Phi) is 8.50. The van der Waals surface area contributed by atoms with Crippen LogP contribution in [0.3, 0.4) is 0 Å². The molecule has 0 atom stereocenters. The zero-order chi connectivity index (χ0) is 28.8. The van der Waals surface area contributed by atoms with Crippen LogP contribution in [0.15, 0.2) is 145 Å². The zero-order valence-electron chi connectivity index (χ0n) is 24.3. The molecule has 0 aliphatic heterocycles. The summed E-state index contributed by atoms with van der Waals surface area (Å²) in [6, 6.07) is 34.0. The lowest BCUT2D eigenvalue weighted by atomic mass is 9.95. The minimum Gasteiger partial charge on any atom is -0.355 e. The molecule has 0 saturated carbocycles. The molecule has 6 aromatic rings. The highest BCUT2D eigenvalue weighted by molar-refractivity contribution is 6.20. The topological polar surface area (TPSA) is 16.4 Å². The van der Waals surface area contributed by atoms with E-state index in [2.05, 4.69) is 127 Å². The van der Waals surface area contributed by atoms with Crippen molar-refractivity contribution in [2.75, 3.05) is 5.32 Å². The van der Waals surface area contributed by atoms with Gasteiger partial charge < -0.3 is 9.72 Å². The van der Waals surface area contributed by atoms with E-state index in [1.807, 2.05) is 38.1 Å². The first-order chi connectivity index (χ1) is 20.2. The number of benzene rings is 4. The molecule has 2 heterocycles. The summed E-state index contributed by atoms with van der Waals surface area (Å²) in [7, 11) is 0. The smallest absolute Gasteiger partial charge is 0.0619 e.